The zero-order valence-electron chi connectivity index (χ0n) is 12.5. The molecule has 0 aliphatic heterocycles. The smallest absolute Gasteiger partial charge is 0.270 e. The molecule has 0 aliphatic rings. The van der Waals surface area contributed by atoms with Crippen LogP contribution in [0.25, 0.3) is 10.8 Å². The van der Waals surface area contributed by atoms with Crippen molar-refractivity contribution in [3.63, 3.8) is 0 Å². The molecule has 2 aromatic heterocycles. The molecule has 6 nitrogen and oxygen atoms in total. The fourth-order valence-electron chi connectivity index (χ4n) is 1.98. The number of anilines is 1. The number of hydrogen-bond donors (Lipinski definition) is 1. The predicted octanol–water partition coefficient (Wildman–Crippen LogP) is 4.52. The lowest BCUT2D eigenvalue weighted by molar-refractivity contribution is 0.426. The van der Waals surface area contributed by atoms with Crippen LogP contribution in [0.2, 0.25) is 10.0 Å². The van der Waals surface area contributed by atoms with Crippen molar-refractivity contribution in [3.05, 3.63) is 45.0 Å². The van der Waals surface area contributed by atoms with Gasteiger partial charge in [0.25, 0.3) is 15.9 Å². The van der Waals surface area contributed by atoms with E-state index in [1.165, 1.54) is 23.5 Å². The second-order valence-electron chi connectivity index (χ2n) is 4.95. The van der Waals surface area contributed by atoms with Crippen LogP contribution in [0, 0.1) is 13.8 Å². The lowest BCUT2D eigenvalue weighted by atomic mass is 10.2. The third-order valence-electron chi connectivity index (χ3n) is 3.13. The fourth-order valence-corrected chi connectivity index (χ4v) is 4.72. The number of halogens is 2. The Hall–Kier alpha value is -1.61. The van der Waals surface area contributed by atoms with E-state index in [-0.39, 0.29) is 15.8 Å². The number of aromatic nitrogens is 2. The Morgan fingerprint density at radius 1 is 1.21 bits per heavy atom. The number of nitrogens with zero attached hydrogens (tertiary/aromatic N) is 2. The van der Waals surface area contributed by atoms with Gasteiger partial charge in [0.1, 0.15) is 9.77 Å². The van der Waals surface area contributed by atoms with Gasteiger partial charge in [-0.05, 0) is 43.0 Å². The summed E-state index contributed by atoms with van der Waals surface area (Å²) in [4.78, 5) is 4.59. The maximum Gasteiger partial charge on any atom is 0.270 e. The van der Waals surface area contributed by atoms with E-state index >= 15 is 0 Å². The van der Waals surface area contributed by atoms with E-state index in [9.17, 15) is 8.42 Å². The third-order valence-corrected chi connectivity index (χ3v) is 6.27. The van der Waals surface area contributed by atoms with Crippen LogP contribution < -0.4 is 4.72 Å². The highest BCUT2D eigenvalue weighted by Gasteiger charge is 2.23. The molecule has 3 aromatic rings. The lowest BCUT2D eigenvalue weighted by Crippen LogP contribution is -2.13. The molecule has 126 valence electrons. The molecule has 0 saturated heterocycles. The topological polar surface area (TPSA) is 85.1 Å². The molecule has 0 unspecified atom stereocenters. The zero-order chi connectivity index (χ0) is 17.5. The average Bonchev–Trinajstić information content (AvgIpc) is 3.11. The maximum absolute atomic E-state index is 12.7. The van der Waals surface area contributed by atoms with Crippen LogP contribution in [0.4, 0.5) is 5.69 Å². The molecule has 0 amide bonds. The number of hydrogen-bond acceptors (Lipinski definition) is 6. The summed E-state index contributed by atoms with van der Waals surface area (Å²) in [5, 5.41) is 5.88. The van der Waals surface area contributed by atoms with Crippen LogP contribution in [0.3, 0.4) is 0 Å². The van der Waals surface area contributed by atoms with E-state index < -0.39 is 10.0 Å². The van der Waals surface area contributed by atoms with Crippen molar-refractivity contribution in [2.75, 3.05) is 4.72 Å². The Balaban J connectivity index is 2.00. The van der Waals surface area contributed by atoms with Gasteiger partial charge in [-0.15, -0.1) is 11.3 Å². The summed E-state index contributed by atoms with van der Waals surface area (Å²) >= 11 is 13.3. The minimum atomic E-state index is -3.90. The van der Waals surface area contributed by atoms with Crippen LogP contribution in [0.15, 0.2) is 33.0 Å². The van der Waals surface area contributed by atoms with Crippen molar-refractivity contribution < 1.29 is 12.9 Å². The first-order chi connectivity index (χ1) is 11.3. The molecule has 0 spiro atoms. The molecule has 1 N–H and O–H groups in total. The first-order valence-electron chi connectivity index (χ1n) is 6.64. The lowest BCUT2D eigenvalue weighted by Gasteiger charge is -2.11. The van der Waals surface area contributed by atoms with Gasteiger partial charge in [-0.1, -0.05) is 28.4 Å². The van der Waals surface area contributed by atoms with Gasteiger partial charge in [0.05, 0.1) is 10.7 Å². The van der Waals surface area contributed by atoms with Crippen molar-refractivity contribution in [1.82, 2.24) is 10.1 Å². The summed E-state index contributed by atoms with van der Waals surface area (Å²) in [7, 11) is -3.90. The Bertz CT molecular complexity index is 1010. The minimum Gasteiger partial charge on any atom is -0.333 e. The Kier molecular flexibility index (Phi) is 4.56. The van der Waals surface area contributed by atoms with E-state index in [4.69, 9.17) is 27.7 Å². The standard InChI is InChI=1S/C14H11Cl2N3O3S2/c1-7-5-12(10(16)6-9(7)15)24(20,21)19-11-3-4-23-13(11)14-17-8(2)18-22-14/h3-6,19H,1-2H3. The predicted molar refractivity (Wildman–Crippen MR) is 94.4 cm³/mol. The van der Waals surface area contributed by atoms with Gasteiger partial charge in [0.2, 0.25) is 0 Å². The first kappa shape index (κ1) is 17.2. The Labute approximate surface area is 152 Å². The molecule has 1 aromatic carbocycles. The van der Waals surface area contributed by atoms with Gasteiger partial charge in [-0.25, -0.2) is 8.42 Å². The van der Waals surface area contributed by atoms with Gasteiger partial charge in [-0.2, -0.15) is 4.98 Å². The van der Waals surface area contributed by atoms with Crippen LogP contribution in [-0.4, -0.2) is 18.6 Å². The van der Waals surface area contributed by atoms with Crippen molar-refractivity contribution >= 4 is 50.2 Å². The summed E-state index contributed by atoms with van der Waals surface area (Å²) in [6.45, 7) is 3.38. The highest BCUT2D eigenvalue weighted by Crippen LogP contribution is 2.35. The SMILES string of the molecule is Cc1noc(-c2sccc2NS(=O)(=O)c2cc(C)c(Cl)cc2Cl)n1. The highest BCUT2D eigenvalue weighted by molar-refractivity contribution is 7.92. The number of nitrogens with one attached hydrogen (secondary N) is 1. The molecular formula is C14H11Cl2N3O3S2. The van der Waals surface area contributed by atoms with Gasteiger partial charge in [-0.3, -0.25) is 4.72 Å². The summed E-state index contributed by atoms with van der Waals surface area (Å²) < 4.78 is 32.9. The van der Waals surface area contributed by atoms with Crippen molar-refractivity contribution in [1.29, 1.82) is 0 Å². The molecular weight excluding hydrogens is 393 g/mol. The number of aryl methyl sites for hydroxylation is 2. The van der Waals surface area contributed by atoms with Crippen LogP contribution in [0.5, 0.6) is 0 Å². The summed E-state index contributed by atoms with van der Waals surface area (Å²) in [6.07, 6.45) is 0. The number of rotatable bonds is 4. The molecule has 3 rings (SSSR count). The third kappa shape index (κ3) is 3.27. The fraction of sp³-hybridized carbons (Fsp3) is 0.143. The van der Waals surface area contributed by atoms with Crippen LogP contribution in [0.1, 0.15) is 11.4 Å². The molecule has 0 saturated carbocycles. The molecule has 0 aliphatic carbocycles. The molecule has 10 heteroatoms. The van der Waals surface area contributed by atoms with E-state index in [2.05, 4.69) is 14.9 Å². The van der Waals surface area contributed by atoms with E-state index in [0.717, 1.165) is 0 Å². The van der Waals surface area contributed by atoms with Crippen LogP contribution >= 0.6 is 34.5 Å². The highest BCUT2D eigenvalue weighted by atomic mass is 35.5. The van der Waals surface area contributed by atoms with E-state index in [1.807, 2.05) is 0 Å². The Morgan fingerprint density at radius 3 is 2.62 bits per heavy atom. The maximum atomic E-state index is 12.7. The quantitative estimate of drug-likeness (QED) is 0.691. The van der Waals surface area contributed by atoms with Gasteiger partial charge < -0.3 is 4.52 Å². The van der Waals surface area contributed by atoms with E-state index in [0.29, 0.717) is 27.0 Å². The van der Waals surface area contributed by atoms with Crippen molar-refractivity contribution in [2.45, 2.75) is 18.7 Å². The van der Waals surface area contributed by atoms with Gasteiger partial charge >= 0.3 is 0 Å². The van der Waals surface area contributed by atoms with Crippen molar-refractivity contribution in [3.8, 4) is 10.8 Å². The number of thiophene rings is 1. The average molecular weight is 404 g/mol. The summed E-state index contributed by atoms with van der Waals surface area (Å²) in [5.41, 5.74) is 0.951. The van der Waals surface area contributed by atoms with E-state index in [1.54, 1.807) is 25.3 Å². The van der Waals surface area contributed by atoms with Crippen molar-refractivity contribution in [2.24, 2.45) is 0 Å². The monoisotopic (exact) mass is 403 g/mol. The molecule has 0 radical (unpaired) electrons. The van der Waals surface area contributed by atoms with Gasteiger partial charge in [0.15, 0.2) is 5.82 Å². The van der Waals surface area contributed by atoms with Gasteiger partial charge in [0, 0.05) is 5.02 Å². The number of sulfonamides is 1. The second-order valence-corrected chi connectivity index (χ2v) is 8.33. The normalized spacial score (nSPS) is 11.7. The largest absolute Gasteiger partial charge is 0.333 e. The number of benzene rings is 1. The molecule has 2 heterocycles. The molecule has 24 heavy (non-hydrogen) atoms. The summed E-state index contributed by atoms with van der Waals surface area (Å²) in [5.74, 6) is 0.710. The van der Waals surface area contributed by atoms with Crippen LogP contribution in [-0.2, 0) is 10.0 Å². The Morgan fingerprint density at radius 2 is 1.96 bits per heavy atom. The second kappa shape index (κ2) is 6.36. The molecule has 0 bridgehead atoms. The first-order valence-corrected chi connectivity index (χ1v) is 9.76. The molecule has 0 atom stereocenters. The summed E-state index contributed by atoms with van der Waals surface area (Å²) in [6, 6.07) is 4.45. The minimum absolute atomic E-state index is 0.0449. The zero-order valence-corrected chi connectivity index (χ0v) is 15.6. The molecule has 0 fully saturated rings.